The van der Waals surface area contributed by atoms with Crippen LogP contribution in [0.15, 0.2) is 48.5 Å². The predicted octanol–water partition coefficient (Wildman–Crippen LogP) is 0.351. The first-order valence-electron chi connectivity index (χ1n) is 12.7. The monoisotopic (exact) mass is 599 g/mol. The molecule has 2 aromatic carbocycles. The number of methoxy groups -OCH3 is 1. The largest absolute Gasteiger partial charge is 1.00 e. The van der Waals surface area contributed by atoms with Crippen LogP contribution in [0.4, 0.5) is 11.4 Å². The van der Waals surface area contributed by atoms with Crippen molar-refractivity contribution in [2.75, 3.05) is 83.4 Å². The van der Waals surface area contributed by atoms with Crippen LogP contribution in [0.1, 0.15) is 11.3 Å². The molecule has 36 heavy (non-hydrogen) atoms. The lowest BCUT2D eigenvalue weighted by atomic mass is 10.1. The number of ether oxygens (including phenoxy) is 1. The summed E-state index contributed by atoms with van der Waals surface area (Å²) in [6.45, 7) is 8.54. The molecule has 6 nitrogen and oxygen atoms in total. The second-order valence-electron chi connectivity index (χ2n) is 9.88. The fourth-order valence-electron chi connectivity index (χ4n) is 5.19. The number of halogens is 1. The maximum absolute atomic E-state index is 5.80. The molecule has 0 radical (unpaired) electrons. The zero-order valence-corrected chi connectivity index (χ0v) is 24.1. The molecule has 2 aliphatic rings. The highest BCUT2D eigenvalue weighted by atomic mass is 127. The summed E-state index contributed by atoms with van der Waals surface area (Å²) >= 11 is 0. The van der Waals surface area contributed by atoms with E-state index in [9.17, 15) is 0 Å². The number of hydrogen-bond donors (Lipinski definition) is 0. The topological polar surface area (TPSA) is 26.1 Å². The van der Waals surface area contributed by atoms with Gasteiger partial charge >= 0.3 is 0 Å². The molecule has 0 amide bonds. The number of pyridine rings is 1. The van der Waals surface area contributed by atoms with Crippen LogP contribution in [0.2, 0.25) is 0 Å². The number of aromatic nitrogens is 1. The maximum atomic E-state index is 5.80. The van der Waals surface area contributed by atoms with Crippen molar-refractivity contribution in [3.8, 4) is 5.75 Å². The average Bonchev–Trinajstić information content (AvgIpc) is 2.89. The molecule has 0 unspecified atom stereocenters. The van der Waals surface area contributed by atoms with Crippen molar-refractivity contribution in [3.63, 3.8) is 0 Å². The molecule has 0 bridgehead atoms. The molecule has 0 N–H and O–H groups in total. The van der Waals surface area contributed by atoms with E-state index >= 15 is 0 Å². The first-order chi connectivity index (χ1) is 17.0. The van der Waals surface area contributed by atoms with E-state index in [4.69, 9.17) is 4.74 Å². The highest BCUT2D eigenvalue weighted by Gasteiger charge is 2.22. The predicted molar refractivity (Wildman–Crippen MR) is 146 cm³/mol. The Kier molecular flexibility index (Phi) is 8.74. The van der Waals surface area contributed by atoms with Crippen molar-refractivity contribution in [2.45, 2.75) is 0 Å². The van der Waals surface area contributed by atoms with E-state index in [1.165, 1.54) is 28.0 Å². The summed E-state index contributed by atoms with van der Waals surface area (Å²) in [6.07, 6.45) is 4.43. The van der Waals surface area contributed by atoms with Crippen LogP contribution in [0.5, 0.6) is 5.75 Å². The van der Waals surface area contributed by atoms with Crippen molar-refractivity contribution in [1.82, 2.24) is 9.80 Å². The van der Waals surface area contributed by atoms with Crippen LogP contribution in [-0.4, -0.2) is 83.4 Å². The molecule has 2 fully saturated rings. The number of anilines is 2. The van der Waals surface area contributed by atoms with Crippen molar-refractivity contribution in [3.05, 3.63) is 59.8 Å². The number of aryl methyl sites for hydroxylation is 1. The maximum Gasteiger partial charge on any atom is 0.214 e. The zero-order chi connectivity index (χ0) is 24.4. The number of fused-ring (bicyclic) bond motifs is 1. The van der Waals surface area contributed by atoms with Crippen LogP contribution in [0.25, 0.3) is 23.1 Å². The van der Waals surface area contributed by atoms with Crippen LogP contribution in [-0.2, 0) is 7.05 Å². The molecule has 192 valence electrons. The summed E-state index contributed by atoms with van der Waals surface area (Å²) in [7, 11) is 8.32. The lowest BCUT2D eigenvalue weighted by Gasteiger charge is -2.34. The van der Waals surface area contributed by atoms with Gasteiger partial charge < -0.3 is 48.3 Å². The molecule has 5 rings (SSSR count). The first kappa shape index (κ1) is 26.7. The lowest BCUT2D eigenvalue weighted by Crippen LogP contribution is -3.00. The fourth-order valence-corrected chi connectivity index (χ4v) is 5.19. The second kappa shape index (κ2) is 11.8. The van der Waals surface area contributed by atoms with Crippen molar-refractivity contribution in [1.29, 1.82) is 0 Å². The summed E-state index contributed by atoms with van der Waals surface area (Å²) in [4.78, 5) is 9.74. The van der Waals surface area contributed by atoms with Gasteiger partial charge in [-0.05, 0) is 43.9 Å². The molecule has 1 aromatic heterocycles. The number of likely N-dealkylation sites (N-methyl/N-ethyl adjacent to an activating group) is 2. The second-order valence-corrected chi connectivity index (χ2v) is 9.88. The van der Waals surface area contributed by atoms with E-state index in [-0.39, 0.29) is 24.0 Å². The van der Waals surface area contributed by atoms with E-state index in [1.807, 2.05) is 0 Å². The van der Waals surface area contributed by atoms with Gasteiger partial charge in [-0.15, -0.1) is 0 Å². The number of piperazine rings is 2. The Labute approximate surface area is 232 Å². The molecule has 0 atom stereocenters. The molecular formula is C29H38IN5O. The molecule has 0 aliphatic carbocycles. The first-order valence-corrected chi connectivity index (χ1v) is 12.7. The van der Waals surface area contributed by atoms with Gasteiger partial charge in [-0.1, -0.05) is 18.2 Å². The summed E-state index contributed by atoms with van der Waals surface area (Å²) in [5.74, 6) is 0.942. The Morgan fingerprint density at radius 2 is 1.36 bits per heavy atom. The smallest absolute Gasteiger partial charge is 0.214 e. The molecule has 2 aliphatic heterocycles. The van der Waals surface area contributed by atoms with E-state index in [1.54, 1.807) is 7.11 Å². The van der Waals surface area contributed by atoms with Gasteiger partial charge in [0.15, 0.2) is 0 Å². The molecule has 3 heterocycles. The van der Waals surface area contributed by atoms with Gasteiger partial charge in [-0.25, -0.2) is 0 Å². The van der Waals surface area contributed by atoms with Crippen LogP contribution < -0.4 is 43.1 Å². The number of hydrogen-bond acceptors (Lipinski definition) is 5. The Morgan fingerprint density at radius 1 is 0.750 bits per heavy atom. The summed E-state index contributed by atoms with van der Waals surface area (Å²) < 4.78 is 8.09. The van der Waals surface area contributed by atoms with Gasteiger partial charge in [0.05, 0.1) is 23.9 Å². The van der Waals surface area contributed by atoms with Gasteiger partial charge in [-0.2, -0.15) is 4.57 Å². The van der Waals surface area contributed by atoms with E-state index in [2.05, 4.69) is 106 Å². The lowest BCUT2D eigenvalue weighted by molar-refractivity contribution is -0.646. The van der Waals surface area contributed by atoms with Gasteiger partial charge in [0.1, 0.15) is 12.8 Å². The van der Waals surface area contributed by atoms with Crippen LogP contribution >= 0.6 is 0 Å². The van der Waals surface area contributed by atoms with Gasteiger partial charge in [-0.3, -0.25) is 0 Å². The van der Waals surface area contributed by atoms with Crippen LogP contribution in [0, 0.1) is 0 Å². The number of nitrogens with zero attached hydrogens (tertiary/aromatic N) is 5. The Balaban J connectivity index is 0.00000304. The van der Waals surface area contributed by atoms with Crippen LogP contribution in [0.3, 0.4) is 0 Å². The molecule has 0 spiro atoms. The third-order valence-corrected chi connectivity index (χ3v) is 7.55. The summed E-state index contributed by atoms with van der Waals surface area (Å²) in [5.41, 5.74) is 6.11. The molecule has 0 saturated carbocycles. The third-order valence-electron chi connectivity index (χ3n) is 7.55. The van der Waals surface area contributed by atoms with Gasteiger partial charge in [0, 0.05) is 70.6 Å². The SMILES string of the molecule is COc1cc(/C=C/c2cc(N3CCN(C)CC3)c3ccccc3[n+]2C)ccc1N1CCN(C)CC1.[I-]. The van der Waals surface area contributed by atoms with E-state index < -0.39 is 0 Å². The van der Waals surface area contributed by atoms with Gasteiger partial charge in [0.2, 0.25) is 11.2 Å². The fraction of sp³-hybridized carbons (Fsp3) is 0.414. The standard InChI is InChI=1S/C29H38N5O.HI/c1-30-13-17-33(18-14-30)27-12-10-23(21-29(27)35-4)9-11-24-22-28(34-19-15-31(2)16-20-34)25-7-5-6-8-26(25)32(24)3;/h5-12,21-22H,13-20H2,1-4H3;1H/q+1;/p-1. The van der Waals surface area contributed by atoms with E-state index in [0.717, 1.165) is 63.7 Å². The quantitative estimate of drug-likeness (QED) is 0.312. The highest BCUT2D eigenvalue weighted by Crippen LogP contribution is 2.31. The number of rotatable bonds is 5. The minimum absolute atomic E-state index is 0. The normalized spacial score (nSPS) is 17.6. The third kappa shape index (κ3) is 5.63. The van der Waals surface area contributed by atoms with Gasteiger partial charge in [0.25, 0.3) is 0 Å². The van der Waals surface area contributed by atoms with Crippen molar-refractivity contribution < 1.29 is 33.3 Å². The molecule has 3 aromatic rings. The number of para-hydroxylation sites is 1. The Bertz CT molecular complexity index is 1210. The summed E-state index contributed by atoms with van der Waals surface area (Å²) in [6, 6.07) is 17.7. The minimum Gasteiger partial charge on any atom is -1.00 e. The Morgan fingerprint density at radius 3 is 2.00 bits per heavy atom. The Hall–Kier alpha value is -2.36. The summed E-state index contributed by atoms with van der Waals surface area (Å²) in [5, 5.41) is 1.31. The average molecular weight is 600 g/mol. The minimum atomic E-state index is 0. The molecule has 2 saturated heterocycles. The van der Waals surface area contributed by atoms with Crippen molar-refractivity contribution in [2.24, 2.45) is 7.05 Å². The molecular weight excluding hydrogens is 561 g/mol. The highest BCUT2D eigenvalue weighted by molar-refractivity contribution is 5.91. The van der Waals surface area contributed by atoms with Crippen molar-refractivity contribution >= 4 is 34.4 Å². The van der Waals surface area contributed by atoms with E-state index in [0.29, 0.717) is 0 Å². The molecule has 7 heteroatoms. The number of benzene rings is 2. The zero-order valence-electron chi connectivity index (χ0n) is 22.0.